The molecule has 0 bridgehead atoms. The van der Waals surface area contributed by atoms with Gasteiger partial charge in [-0.1, -0.05) is 56.0 Å². The summed E-state index contributed by atoms with van der Waals surface area (Å²) in [7, 11) is 0. The van der Waals surface area contributed by atoms with Crippen molar-refractivity contribution in [2.45, 2.75) is 50.7 Å². The molecule has 0 aliphatic heterocycles. The number of nitrogens with two attached hydrogens (primary N) is 1. The minimum atomic E-state index is -0.386. The average Bonchev–Trinajstić information content (AvgIpc) is 2.69. The standard InChI is InChI=1S/C16H24N2O2/c17-16(10-6-1-2-7-11-16)13-18-15(19)20-12-14-8-4-3-5-9-14/h3-5,8-9H,1-2,6-7,10-13,17H2,(H,18,19). The molecule has 4 heteroatoms. The highest BCUT2D eigenvalue weighted by Gasteiger charge is 2.26. The van der Waals surface area contributed by atoms with Crippen molar-refractivity contribution in [3.63, 3.8) is 0 Å². The number of carbonyl (C=O) groups excluding carboxylic acids is 1. The Bertz CT molecular complexity index is 412. The number of carbonyl (C=O) groups is 1. The second kappa shape index (κ2) is 7.29. The van der Waals surface area contributed by atoms with Gasteiger partial charge in [0, 0.05) is 12.1 Å². The maximum Gasteiger partial charge on any atom is 0.407 e. The van der Waals surface area contributed by atoms with Gasteiger partial charge in [-0.2, -0.15) is 0 Å². The fraction of sp³-hybridized carbons (Fsp3) is 0.562. The largest absolute Gasteiger partial charge is 0.445 e. The lowest BCUT2D eigenvalue weighted by atomic mass is 9.91. The number of amides is 1. The Morgan fingerprint density at radius 1 is 1.15 bits per heavy atom. The average molecular weight is 276 g/mol. The molecular weight excluding hydrogens is 252 g/mol. The fourth-order valence-electron chi connectivity index (χ4n) is 2.63. The SMILES string of the molecule is NC1(CNC(=O)OCc2ccccc2)CCCCCC1. The second-order valence-electron chi connectivity index (χ2n) is 5.69. The number of benzene rings is 1. The number of ether oxygens (including phenoxy) is 1. The smallest absolute Gasteiger partial charge is 0.407 e. The lowest BCUT2D eigenvalue weighted by Gasteiger charge is -2.28. The molecule has 0 aromatic heterocycles. The zero-order valence-electron chi connectivity index (χ0n) is 11.9. The summed E-state index contributed by atoms with van der Waals surface area (Å²) in [6.45, 7) is 0.796. The van der Waals surface area contributed by atoms with E-state index in [1.165, 1.54) is 12.8 Å². The zero-order valence-corrected chi connectivity index (χ0v) is 11.9. The zero-order chi connectivity index (χ0) is 14.3. The van der Waals surface area contributed by atoms with Crippen LogP contribution in [0.15, 0.2) is 30.3 Å². The molecule has 1 amide bonds. The van der Waals surface area contributed by atoms with Crippen LogP contribution in [0.5, 0.6) is 0 Å². The number of hydrogen-bond acceptors (Lipinski definition) is 3. The van der Waals surface area contributed by atoms with Gasteiger partial charge in [0.2, 0.25) is 0 Å². The number of nitrogens with one attached hydrogen (secondary N) is 1. The van der Waals surface area contributed by atoms with E-state index in [4.69, 9.17) is 10.5 Å². The molecule has 1 aromatic rings. The molecule has 2 rings (SSSR count). The number of hydrogen-bond donors (Lipinski definition) is 2. The molecule has 20 heavy (non-hydrogen) atoms. The van der Waals surface area contributed by atoms with Crippen molar-refractivity contribution in [1.82, 2.24) is 5.32 Å². The van der Waals surface area contributed by atoms with E-state index in [1.807, 2.05) is 30.3 Å². The molecule has 0 saturated heterocycles. The van der Waals surface area contributed by atoms with E-state index in [-0.39, 0.29) is 11.6 Å². The van der Waals surface area contributed by atoms with Gasteiger partial charge in [0.05, 0.1) is 0 Å². The molecule has 0 spiro atoms. The molecular formula is C16H24N2O2. The number of alkyl carbamates (subject to hydrolysis) is 1. The molecule has 1 aromatic carbocycles. The Hall–Kier alpha value is -1.55. The molecule has 4 nitrogen and oxygen atoms in total. The molecule has 0 unspecified atom stereocenters. The minimum Gasteiger partial charge on any atom is -0.445 e. The van der Waals surface area contributed by atoms with Crippen LogP contribution in [-0.4, -0.2) is 18.2 Å². The quantitative estimate of drug-likeness (QED) is 0.831. The Balaban J connectivity index is 1.71. The normalized spacial score (nSPS) is 18.1. The molecule has 1 fully saturated rings. The third-order valence-electron chi connectivity index (χ3n) is 3.90. The molecule has 1 aliphatic rings. The van der Waals surface area contributed by atoms with Crippen molar-refractivity contribution in [3.05, 3.63) is 35.9 Å². The Morgan fingerprint density at radius 3 is 2.45 bits per heavy atom. The third-order valence-corrected chi connectivity index (χ3v) is 3.90. The van der Waals surface area contributed by atoms with Crippen molar-refractivity contribution in [2.75, 3.05) is 6.54 Å². The summed E-state index contributed by atoms with van der Waals surface area (Å²) in [4.78, 5) is 11.7. The fourth-order valence-corrected chi connectivity index (χ4v) is 2.63. The van der Waals surface area contributed by atoms with Crippen LogP contribution in [0.4, 0.5) is 4.79 Å². The van der Waals surface area contributed by atoms with Gasteiger partial charge in [-0.3, -0.25) is 0 Å². The molecule has 1 aliphatic carbocycles. The maximum atomic E-state index is 11.7. The first-order chi connectivity index (χ1) is 9.68. The van der Waals surface area contributed by atoms with Crippen LogP contribution < -0.4 is 11.1 Å². The van der Waals surface area contributed by atoms with Crippen molar-refractivity contribution in [3.8, 4) is 0 Å². The van der Waals surface area contributed by atoms with E-state index in [9.17, 15) is 4.79 Å². The summed E-state index contributed by atoms with van der Waals surface area (Å²) in [5.74, 6) is 0. The van der Waals surface area contributed by atoms with Crippen LogP contribution >= 0.6 is 0 Å². The topological polar surface area (TPSA) is 64.3 Å². The minimum absolute atomic E-state index is 0.262. The van der Waals surface area contributed by atoms with Crippen LogP contribution in [0.3, 0.4) is 0 Å². The van der Waals surface area contributed by atoms with Crippen LogP contribution in [0.25, 0.3) is 0 Å². The van der Waals surface area contributed by atoms with Crippen molar-refractivity contribution in [1.29, 1.82) is 0 Å². The van der Waals surface area contributed by atoms with Gasteiger partial charge in [-0.15, -0.1) is 0 Å². The Kier molecular flexibility index (Phi) is 5.41. The van der Waals surface area contributed by atoms with Crippen molar-refractivity contribution >= 4 is 6.09 Å². The van der Waals surface area contributed by atoms with Crippen LogP contribution in [-0.2, 0) is 11.3 Å². The lowest BCUT2D eigenvalue weighted by molar-refractivity contribution is 0.136. The first-order valence-electron chi connectivity index (χ1n) is 7.41. The van der Waals surface area contributed by atoms with E-state index in [1.54, 1.807) is 0 Å². The van der Waals surface area contributed by atoms with Gasteiger partial charge in [-0.25, -0.2) is 4.79 Å². The summed E-state index contributed by atoms with van der Waals surface area (Å²) in [5.41, 5.74) is 7.07. The van der Waals surface area contributed by atoms with E-state index in [0.717, 1.165) is 31.2 Å². The van der Waals surface area contributed by atoms with E-state index < -0.39 is 0 Å². The summed E-state index contributed by atoms with van der Waals surface area (Å²) in [6.07, 6.45) is 6.37. The summed E-state index contributed by atoms with van der Waals surface area (Å²) in [5, 5.41) is 2.80. The summed E-state index contributed by atoms with van der Waals surface area (Å²) in [6, 6.07) is 9.66. The Morgan fingerprint density at radius 2 is 1.80 bits per heavy atom. The van der Waals surface area contributed by atoms with E-state index >= 15 is 0 Å². The molecule has 0 atom stereocenters. The lowest BCUT2D eigenvalue weighted by Crippen LogP contribution is -2.49. The Labute approximate surface area is 120 Å². The highest BCUT2D eigenvalue weighted by Crippen LogP contribution is 2.24. The van der Waals surface area contributed by atoms with Gasteiger partial charge in [0.25, 0.3) is 0 Å². The van der Waals surface area contributed by atoms with Gasteiger partial charge in [0.15, 0.2) is 0 Å². The van der Waals surface area contributed by atoms with Crippen LogP contribution in [0.1, 0.15) is 44.1 Å². The predicted octanol–water partition coefficient (Wildman–Crippen LogP) is 2.96. The van der Waals surface area contributed by atoms with Crippen LogP contribution in [0, 0.1) is 0 Å². The van der Waals surface area contributed by atoms with Gasteiger partial charge in [-0.05, 0) is 18.4 Å². The highest BCUT2D eigenvalue weighted by molar-refractivity contribution is 5.67. The molecule has 0 heterocycles. The molecule has 3 N–H and O–H groups in total. The van der Waals surface area contributed by atoms with Crippen LogP contribution in [0.2, 0.25) is 0 Å². The molecule has 110 valence electrons. The van der Waals surface area contributed by atoms with E-state index in [0.29, 0.717) is 13.2 Å². The maximum absolute atomic E-state index is 11.7. The predicted molar refractivity (Wildman–Crippen MR) is 79.3 cm³/mol. The highest BCUT2D eigenvalue weighted by atomic mass is 16.5. The van der Waals surface area contributed by atoms with Gasteiger partial charge in [0.1, 0.15) is 6.61 Å². The molecule has 0 radical (unpaired) electrons. The van der Waals surface area contributed by atoms with Crippen molar-refractivity contribution < 1.29 is 9.53 Å². The van der Waals surface area contributed by atoms with Gasteiger partial charge >= 0.3 is 6.09 Å². The van der Waals surface area contributed by atoms with Gasteiger partial charge < -0.3 is 15.8 Å². The number of rotatable bonds is 4. The molecule has 1 saturated carbocycles. The first kappa shape index (κ1) is 14.9. The second-order valence-corrected chi connectivity index (χ2v) is 5.69. The summed E-state index contributed by atoms with van der Waals surface area (Å²) >= 11 is 0. The third kappa shape index (κ3) is 4.85. The monoisotopic (exact) mass is 276 g/mol. The summed E-state index contributed by atoms with van der Waals surface area (Å²) < 4.78 is 5.19. The van der Waals surface area contributed by atoms with Crippen molar-refractivity contribution in [2.24, 2.45) is 5.73 Å². The first-order valence-corrected chi connectivity index (χ1v) is 7.41. The van der Waals surface area contributed by atoms with E-state index in [2.05, 4.69) is 5.32 Å².